The lowest BCUT2D eigenvalue weighted by atomic mass is 10.2. The number of carbonyl (C=O) groups is 1. The molecule has 1 heterocycles. The van der Waals surface area contributed by atoms with Gasteiger partial charge < -0.3 is 4.74 Å². The second-order valence-electron chi connectivity index (χ2n) is 4.71. The molecule has 0 aromatic heterocycles. The highest BCUT2D eigenvalue weighted by atomic mass is 32.2. The van der Waals surface area contributed by atoms with Gasteiger partial charge in [-0.25, -0.2) is 18.2 Å². The minimum absolute atomic E-state index is 0.0293. The number of sulfonamides is 1. The first kappa shape index (κ1) is 13.1. The van der Waals surface area contributed by atoms with Gasteiger partial charge in [0.05, 0.1) is 17.9 Å². The molecule has 20 heavy (non-hydrogen) atoms. The second-order valence-corrected chi connectivity index (χ2v) is 6.53. The third-order valence-electron chi connectivity index (χ3n) is 3.24. The summed E-state index contributed by atoms with van der Waals surface area (Å²) in [6.07, 6.45) is 3.06. The lowest BCUT2D eigenvalue weighted by Gasteiger charge is -2.23. The van der Waals surface area contributed by atoms with Crippen LogP contribution in [-0.4, -0.2) is 37.7 Å². The third-order valence-corrected chi connectivity index (χ3v) is 5.09. The van der Waals surface area contributed by atoms with Gasteiger partial charge in [-0.05, 0) is 38.0 Å². The van der Waals surface area contributed by atoms with Gasteiger partial charge in [-0.2, -0.15) is 0 Å². The van der Waals surface area contributed by atoms with Gasteiger partial charge in [0.1, 0.15) is 11.2 Å². The van der Waals surface area contributed by atoms with E-state index >= 15 is 0 Å². The molecule has 7 heteroatoms. The molecule has 106 valence electrons. The summed E-state index contributed by atoms with van der Waals surface area (Å²) in [6.45, 7) is 1.99. The SMILES string of the molecule is CCOC(=O)c1ccc2c(c1)N=CN(C1CC1)S2(=O)=O. The number of hydrogen-bond acceptors (Lipinski definition) is 5. The Morgan fingerprint density at radius 1 is 1.45 bits per heavy atom. The summed E-state index contributed by atoms with van der Waals surface area (Å²) >= 11 is 0. The van der Waals surface area contributed by atoms with E-state index in [1.165, 1.54) is 28.8 Å². The summed E-state index contributed by atoms with van der Waals surface area (Å²) in [4.78, 5) is 15.9. The Kier molecular flexibility index (Phi) is 3.01. The van der Waals surface area contributed by atoms with Crippen LogP contribution in [0.15, 0.2) is 28.1 Å². The van der Waals surface area contributed by atoms with Crippen LogP contribution in [0, 0.1) is 0 Å². The van der Waals surface area contributed by atoms with E-state index in [1.54, 1.807) is 6.92 Å². The molecule has 0 N–H and O–H groups in total. The average Bonchev–Trinajstić information content (AvgIpc) is 3.22. The van der Waals surface area contributed by atoms with E-state index in [0.717, 1.165) is 12.8 Å². The lowest BCUT2D eigenvalue weighted by Crippen LogP contribution is -2.33. The number of ether oxygens (including phenoxy) is 1. The highest BCUT2D eigenvalue weighted by molar-refractivity contribution is 7.89. The van der Waals surface area contributed by atoms with E-state index in [0.29, 0.717) is 5.56 Å². The first-order chi connectivity index (χ1) is 9.54. The largest absolute Gasteiger partial charge is 0.462 e. The van der Waals surface area contributed by atoms with Crippen LogP contribution in [0.2, 0.25) is 0 Å². The van der Waals surface area contributed by atoms with Crippen molar-refractivity contribution in [2.24, 2.45) is 4.99 Å². The van der Waals surface area contributed by atoms with Gasteiger partial charge in [0.2, 0.25) is 0 Å². The fraction of sp³-hybridized carbons (Fsp3) is 0.385. The van der Waals surface area contributed by atoms with Gasteiger partial charge in [-0.3, -0.25) is 4.31 Å². The number of benzene rings is 1. The monoisotopic (exact) mass is 294 g/mol. The Morgan fingerprint density at radius 2 is 2.20 bits per heavy atom. The van der Waals surface area contributed by atoms with Crippen molar-refractivity contribution in [3.05, 3.63) is 23.8 Å². The number of hydrogen-bond donors (Lipinski definition) is 0. The molecule has 1 fully saturated rings. The van der Waals surface area contributed by atoms with Crippen LogP contribution in [0.4, 0.5) is 5.69 Å². The number of aliphatic imine (C=N–C) groups is 1. The smallest absolute Gasteiger partial charge is 0.338 e. The van der Waals surface area contributed by atoms with Gasteiger partial charge >= 0.3 is 5.97 Å². The predicted molar refractivity (Wildman–Crippen MR) is 72.6 cm³/mol. The molecule has 6 nitrogen and oxygen atoms in total. The number of carbonyl (C=O) groups excluding carboxylic acids is 1. The Bertz CT molecular complexity index is 692. The second kappa shape index (κ2) is 4.59. The summed E-state index contributed by atoms with van der Waals surface area (Å²) in [5.41, 5.74) is 0.588. The van der Waals surface area contributed by atoms with E-state index in [4.69, 9.17) is 4.74 Å². The zero-order valence-electron chi connectivity index (χ0n) is 10.9. The molecule has 1 aliphatic carbocycles. The minimum Gasteiger partial charge on any atom is -0.462 e. The van der Waals surface area contributed by atoms with Crippen molar-refractivity contribution in [1.82, 2.24) is 4.31 Å². The molecule has 0 spiro atoms. The maximum absolute atomic E-state index is 12.4. The van der Waals surface area contributed by atoms with Gasteiger partial charge in [0, 0.05) is 6.04 Å². The molecule has 1 saturated carbocycles. The van der Waals surface area contributed by atoms with Crippen molar-refractivity contribution >= 4 is 28.0 Å². The quantitative estimate of drug-likeness (QED) is 0.795. The zero-order chi connectivity index (χ0) is 14.3. The van der Waals surface area contributed by atoms with E-state index in [9.17, 15) is 13.2 Å². The molecular formula is C13H14N2O4S. The Hall–Kier alpha value is -1.89. The topological polar surface area (TPSA) is 76.0 Å². The third kappa shape index (κ3) is 2.07. The highest BCUT2D eigenvalue weighted by Gasteiger charge is 2.39. The van der Waals surface area contributed by atoms with Crippen molar-refractivity contribution < 1.29 is 17.9 Å². The van der Waals surface area contributed by atoms with Crippen LogP contribution in [0.25, 0.3) is 0 Å². The number of nitrogens with zero attached hydrogens (tertiary/aromatic N) is 2. The van der Waals surface area contributed by atoms with Crippen LogP contribution in [0.5, 0.6) is 0 Å². The van der Waals surface area contributed by atoms with E-state index in [-0.39, 0.29) is 23.2 Å². The van der Waals surface area contributed by atoms with Crippen LogP contribution in [0.1, 0.15) is 30.1 Å². The Labute approximate surface area is 117 Å². The van der Waals surface area contributed by atoms with Crippen molar-refractivity contribution in [2.45, 2.75) is 30.7 Å². The standard InChI is InChI=1S/C13H14N2O4S/c1-2-19-13(16)9-3-6-12-11(7-9)14-8-15(10-4-5-10)20(12,17)18/h3,6-8,10H,2,4-5H2,1H3. The summed E-state index contributed by atoms with van der Waals surface area (Å²) in [5, 5.41) is 0. The van der Waals surface area contributed by atoms with E-state index in [2.05, 4.69) is 4.99 Å². The Morgan fingerprint density at radius 3 is 2.85 bits per heavy atom. The van der Waals surface area contributed by atoms with Gasteiger partial charge in [0.25, 0.3) is 10.0 Å². The highest BCUT2D eigenvalue weighted by Crippen LogP contribution is 2.37. The summed E-state index contributed by atoms with van der Waals surface area (Å²) < 4.78 is 31.0. The lowest BCUT2D eigenvalue weighted by molar-refractivity contribution is 0.0526. The summed E-state index contributed by atoms with van der Waals surface area (Å²) in [5.74, 6) is -0.479. The van der Waals surface area contributed by atoms with Gasteiger partial charge in [-0.1, -0.05) is 0 Å². The molecule has 0 bridgehead atoms. The molecule has 0 amide bonds. The molecular weight excluding hydrogens is 280 g/mol. The fourth-order valence-corrected chi connectivity index (χ4v) is 3.71. The van der Waals surface area contributed by atoms with Crippen LogP contribution in [-0.2, 0) is 14.8 Å². The van der Waals surface area contributed by atoms with Crippen molar-refractivity contribution in [3.63, 3.8) is 0 Å². The fourth-order valence-electron chi connectivity index (χ4n) is 2.09. The molecule has 1 aromatic carbocycles. The van der Waals surface area contributed by atoms with Crippen LogP contribution >= 0.6 is 0 Å². The molecule has 0 radical (unpaired) electrons. The maximum Gasteiger partial charge on any atom is 0.338 e. The first-order valence-electron chi connectivity index (χ1n) is 6.43. The molecule has 1 aromatic rings. The molecule has 0 atom stereocenters. The number of esters is 1. The van der Waals surface area contributed by atoms with E-state index in [1.807, 2.05) is 0 Å². The van der Waals surface area contributed by atoms with Gasteiger partial charge in [-0.15, -0.1) is 0 Å². The summed E-state index contributed by atoms with van der Waals surface area (Å²) in [7, 11) is -3.54. The summed E-state index contributed by atoms with van der Waals surface area (Å²) in [6, 6.07) is 4.36. The zero-order valence-corrected chi connectivity index (χ0v) is 11.8. The first-order valence-corrected chi connectivity index (χ1v) is 7.87. The number of rotatable bonds is 3. The van der Waals surface area contributed by atoms with Crippen molar-refractivity contribution in [1.29, 1.82) is 0 Å². The average molecular weight is 294 g/mol. The van der Waals surface area contributed by atoms with Crippen molar-refractivity contribution in [2.75, 3.05) is 6.61 Å². The van der Waals surface area contributed by atoms with E-state index < -0.39 is 16.0 Å². The molecule has 3 rings (SSSR count). The van der Waals surface area contributed by atoms with Crippen LogP contribution in [0.3, 0.4) is 0 Å². The number of fused-ring (bicyclic) bond motifs is 1. The predicted octanol–water partition coefficient (Wildman–Crippen LogP) is 1.69. The van der Waals surface area contributed by atoms with Gasteiger partial charge in [0.15, 0.2) is 0 Å². The molecule has 0 saturated heterocycles. The molecule has 0 unspecified atom stereocenters. The van der Waals surface area contributed by atoms with Crippen LogP contribution < -0.4 is 0 Å². The molecule has 2 aliphatic rings. The van der Waals surface area contributed by atoms with Crippen molar-refractivity contribution in [3.8, 4) is 0 Å². The molecule has 1 aliphatic heterocycles. The maximum atomic E-state index is 12.4. The minimum atomic E-state index is -3.54. The normalized spacial score (nSPS) is 19.6. The Balaban J connectivity index is 2.00.